The maximum atomic E-state index is 9.51. The predicted molar refractivity (Wildman–Crippen MR) is 43.4 cm³/mol. The van der Waals surface area contributed by atoms with Crippen LogP contribution in [0.2, 0.25) is 0 Å². The number of hydrogen-bond acceptors (Lipinski definition) is 3. The van der Waals surface area contributed by atoms with Crippen molar-refractivity contribution in [3.8, 4) is 0 Å². The molecule has 0 aliphatic carbocycles. The molecule has 0 aliphatic rings. The Kier molecular flexibility index (Phi) is 13.8. The van der Waals surface area contributed by atoms with E-state index >= 15 is 0 Å². The Bertz CT molecular complexity index is 110. The summed E-state index contributed by atoms with van der Waals surface area (Å²) in [6, 6.07) is 0. The molecule has 66 valence electrons. The van der Waals surface area contributed by atoms with Crippen molar-refractivity contribution < 1.29 is 14.6 Å². The molecule has 4 nitrogen and oxygen atoms in total. The first-order valence-corrected chi connectivity index (χ1v) is 3.23. The Hall–Kier alpha value is -0.870. The molecule has 0 aromatic carbocycles. The minimum atomic E-state index is -0.891. The first-order valence-electron chi connectivity index (χ1n) is 3.23. The highest BCUT2D eigenvalue weighted by molar-refractivity contribution is 5.79. The highest BCUT2D eigenvalue weighted by atomic mass is 16.5. The Morgan fingerprint density at radius 3 is 2.27 bits per heavy atom. The molecule has 0 aliphatic heterocycles. The van der Waals surface area contributed by atoms with Gasteiger partial charge in [-0.3, -0.25) is 0 Å². The Balaban J connectivity index is 0. The average molecular weight is 161 g/mol. The van der Waals surface area contributed by atoms with Gasteiger partial charge >= 0.3 is 5.97 Å². The monoisotopic (exact) mass is 161 g/mol. The van der Waals surface area contributed by atoms with Crippen LogP contribution in [-0.4, -0.2) is 31.3 Å². The molecule has 0 saturated carbocycles. The van der Waals surface area contributed by atoms with Gasteiger partial charge in [0.05, 0.1) is 6.61 Å². The zero-order chi connectivity index (χ0) is 9.11. The molecule has 11 heavy (non-hydrogen) atoms. The van der Waals surface area contributed by atoms with Crippen LogP contribution in [-0.2, 0) is 9.53 Å². The lowest BCUT2D eigenvalue weighted by atomic mass is 10.5. The van der Waals surface area contributed by atoms with E-state index in [9.17, 15) is 4.79 Å². The van der Waals surface area contributed by atoms with Gasteiger partial charge in [0.2, 0.25) is 0 Å². The molecule has 0 heterocycles. The summed E-state index contributed by atoms with van der Waals surface area (Å²) in [6.45, 7) is 2.95. The van der Waals surface area contributed by atoms with Crippen molar-refractivity contribution in [2.75, 3.05) is 20.3 Å². The van der Waals surface area contributed by atoms with Crippen LogP contribution in [0.15, 0.2) is 12.2 Å². The second-order valence-corrected chi connectivity index (χ2v) is 1.62. The largest absolute Gasteiger partial charge is 0.478 e. The van der Waals surface area contributed by atoms with Gasteiger partial charge in [0, 0.05) is 19.7 Å². The highest BCUT2D eigenvalue weighted by Gasteiger charge is 1.76. The SMILES string of the molecule is C/C=C/C(=O)O.COCCN. The van der Waals surface area contributed by atoms with Crippen LogP contribution in [0.3, 0.4) is 0 Å². The van der Waals surface area contributed by atoms with E-state index in [1.165, 1.54) is 6.08 Å². The standard InChI is InChI=1S/C4H6O2.C3H9NO/c1-2-3-4(5)6;1-5-3-2-4/h2-3H,1H3,(H,5,6);2-4H2,1H3/b3-2+;. The smallest absolute Gasteiger partial charge is 0.327 e. The first kappa shape index (κ1) is 12.8. The molecule has 0 saturated heterocycles. The van der Waals surface area contributed by atoms with Gasteiger partial charge in [-0.15, -0.1) is 0 Å². The van der Waals surface area contributed by atoms with Gasteiger partial charge in [-0.1, -0.05) is 6.08 Å². The minimum Gasteiger partial charge on any atom is -0.478 e. The molecule has 3 N–H and O–H groups in total. The van der Waals surface area contributed by atoms with Crippen molar-refractivity contribution in [2.45, 2.75) is 6.92 Å². The van der Waals surface area contributed by atoms with E-state index < -0.39 is 5.97 Å². The van der Waals surface area contributed by atoms with Gasteiger partial charge in [0.1, 0.15) is 0 Å². The molecule has 0 aromatic rings. The van der Waals surface area contributed by atoms with Gasteiger partial charge in [-0.05, 0) is 6.92 Å². The van der Waals surface area contributed by atoms with Crippen LogP contribution in [0.25, 0.3) is 0 Å². The summed E-state index contributed by atoms with van der Waals surface area (Å²) >= 11 is 0. The summed E-state index contributed by atoms with van der Waals surface area (Å²) < 4.78 is 4.57. The molecule has 0 radical (unpaired) electrons. The van der Waals surface area contributed by atoms with E-state index in [-0.39, 0.29) is 0 Å². The molecular formula is C7H15NO3. The lowest BCUT2D eigenvalue weighted by Crippen LogP contribution is -2.05. The van der Waals surface area contributed by atoms with Gasteiger partial charge < -0.3 is 15.6 Å². The number of aliphatic carboxylic acids is 1. The number of carboxylic acids is 1. The molecule has 0 spiro atoms. The third-order valence-corrected chi connectivity index (χ3v) is 0.631. The maximum absolute atomic E-state index is 9.51. The molecule has 0 bridgehead atoms. The van der Waals surface area contributed by atoms with E-state index in [0.717, 1.165) is 6.08 Å². The quantitative estimate of drug-likeness (QED) is 0.581. The van der Waals surface area contributed by atoms with E-state index in [0.29, 0.717) is 13.2 Å². The third-order valence-electron chi connectivity index (χ3n) is 0.631. The summed E-state index contributed by atoms with van der Waals surface area (Å²) in [5.74, 6) is -0.891. The number of allylic oxidation sites excluding steroid dienone is 1. The van der Waals surface area contributed by atoms with Crippen molar-refractivity contribution in [3.05, 3.63) is 12.2 Å². The summed E-state index contributed by atoms with van der Waals surface area (Å²) in [4.78, 5) is 9.51. The molecule has 0 aromatic heterocycles. The fourth-order valence-corrected chi connectivity index (χ4v) is 0.260. The molecule has 0 unspecified atom stereocenters. The van der Waals surface area contributed by atoms with Crippen molar-refractivity contribution in [2.24, 2.45) is 5.73 Å². The number of rotatable bonds is 3. The van der Waals surface area contributed by atoms with Crippen LogP contribution in [0.4, 0.5) is 0 Å². The van der Waals surface area contributed by atoms with E-state index in [1.54, 1.807) is 14.0 Å². The Morgan fingerprint density at radius 2 is 2.27 bits per heavy atom. The van der Waals surface area contributed by atoms with Crippen molar-refractivity contribution in [3.63, 3.8) is 0 Å². The zero-order valence-electron chi connectivity index (χ0n) is 6.91. The van der Waals surface area contributed by atoms with Gasteiger partial charge in [-0.25, -0.2) is 4.79 Å². The zero-order valence-corrected chi connectivity index (χ0v) is 6.91. The van der Waals surface area contributed by atoms with E-state index in [2.05, 4.69) is 4.74 Å². The number of carbonyl (C=O) groups is 1. The lowest BCUT2D eigenvalue weighted by molar-refractivity contribution is -0.131. The van der Waals surface area contributed by atoms with Crippen LogP contribution in [0, 0.1) is 0 Å². The highest BCUT2D eigenvalue weighted by Crippen LogP contribution is 1.65. The summed E-state index contributed by atoms with van der Waals surface area (Å²) in [6.07, 6.45) is 2.56. The number of carboxylic acid groups (broad SMARTS) is 1. The molecular weight excluding hydrogens is 146 g/mol. The lowest BCUT2D eigenvalue weighted by Gasteiger charge is -1.85. The van der Waals surface area contributed by atoms with Gasteiger partial charge in [0.15, 0.2) is 0 Å². The van der Waals surface area contributed by atoms with E-state index in [4.69, 9.17) is 10.8 Å². The van der Waals surface area contributed by atoms with Gasteiger partial charge in [0.25, 0.3) is 0 Å². The summed E-state index contributed by atoms with van der Waals surface area (Å²) in [5.41, 5.74) is 5.01. The normalized spacial score (nSPS) is 9.00. The Labute approximate surface area is 66.7 Å². The van der Waals surface area contributed by atoms with Crippen molar-refractivity contribution in [1.29, 1.82) is 0 Å². The number of hydrogen-bond donors (Lipinski definition) is 2. The van der Waals surface area contributed by atoms with Crippen LogP contribution >= 0.6 is 0 Å². The second-order valence-electron chi connectivity index (χ2n) is 1.62. The summed E-state index contributed by atoms with van der Waals surface area (Å²) in [5, 5.41) is 7.83. The number of methoxy groups -OCH3 is 1. The average Bonchev–Trinajstić information content (AvgIpc) is 1.90. The summed E-state index contributed by atoms with van der Waals surface area (Å²) in [7, 11) is 1.63. The van der Waals surface area contributed by atoms with E-state index in [1.807, 2.05) is 0 Å². The maximum Gasteiger partial charge on any atom is 0.327 e. The topological polar surface area (TPSA) is 72.5 Å². The minimum absolute atomic E-state index is 0.622. The fraction of sp³-hybridized carbons (Fsp3) is 0.571. The van der Waals surface area contributed by atoms with Crippen LogP contribution in [0.5, 0.6) is 0 Å². The number of nitrogens with two attached hydrogens (primary N) is 1. The second kappa shape index (κ2) is 11.9. The molecule has 0 atom stereocenters. The fourth-order valence-electron chi connectivity index (χ4n) is 0.260. The van der Waals surface area contributed by atoms with Crippen molar-refractivity contribution in [1.82, 2.24) is 0 Å². The Morgan fingerprint density at radius 1 is 1.73 bits per heavy atom. The van der Waals surface area contributed by atoms with Crippen LogP contribution in [0.1, 0.15) is 6.92 Å². The molecule has 0 rings (SSSR count). The van der Waals surface area contributed by atoms with Crippen molar-refractivity contribution >= 4 is 5.97 Å². The number of ether oxygens (including phenoxy) is 1. The third kappa shape index (κ3) is 27.2. The molecule has 0 fully saturated rings. The molecule has 0 amide bonds. The molecule has 4 heteroatoms. The first-order chi connectivity index (χ1) is 5.18. The van der Waals surface area contributed by atoms with Crippen LogP contribution < -0.4 is 5.73 Å². The van der Waals surface area contributed by atoms with Gasteiger partial charge in [-0.2, -0.15) is 0 Å². The predicted octanol–water partition coefficient (Wildman–Crippen LogP) is 0.239.